The fourth-order valence-electron chi connectivity index (χ4n) is 7.72. The molecule has 9 nitrogen and oxygen atoms in total. The van der Waals surface area contributed by atoms with Crippen molar-refractivity contribution in [2.75, 3.05) is 47.5 Å². The van der Waals surface area contributed by atoms with E-state index in [1.807, 2.05) is 21.1 Å². The molecule has 0 fully saturated rings. The fraction of sp³-hybridized carbons (Fsp3) is 0.688. The highest BCUT2D eigenvalue weighted by molar-refractivity contribution is 7.45. The highest BCUT2D eigenvalue weighted by atomic mass is 31.2. The normalized spacial score (nSPS) is 14.1. The molecular weight excluding hydrogens is 942 g/mol. The Morgan fingerprint density at radius 2 is 0.770 bits per heavy atom. The molecule has 0 aliphatic heterocycles. The van der Waals surface area contributed by atoms with Gasteiger partial charge in [-0.3, -0.25) is 14.2 Å². The van der Waals surface area contributed by atoms with Crippen molar-refractivity contribution in [3.05, 3.63) is 109 Å². The second-order valence-corrected chi connectivity index (χ2v) is 22.0. The van der Waals surface area contributed by atoms with Crippen LogP contribution in [0.4, 0.5) is 0 Å². The lowest BCUT2D eigenvalue weighted by Crippen LogP contribution is -2.37. The van der Waals surface area contributed by atoms with E-state index in [9.17, 15) is 19.0 Å². The first-order valence-corrected chi connectivity index (χ1v) is 31.1. The van der Waals surface area contributed by atoms with Crippen LogP contribution in [0.5, 0.6) is 0 Å². The Morgan fingerprint density at radius 3 is 1.15 bits per heavy atom. The van der Waals surface area contributed by atoms with E-state index in [1.54, 1.807) is 0 Å². The molecule has 0 amide bonds. The molecule has 0 aromatic rings. The third-order valence-corrected chi connectivity index (χ3v) is 13.2. The number of nitrogens with zero attached hydrogens (tertiary/aromatic N) is 1. The lowest BCUT2D eigenvalue weighted by Gasteiger charge is -2.28. The number of carbonyl (C=O) groups is 2. The lowest BCUT2D eigenvalue weighted by molar-refractivity contribution is -0.870. The number of unbranched alkanes of at least 4 members (excludes halogenated alkanes) is 21. The number of esters is 2. The molecule has 0 rings (SSSR count). The molecule has 0 saturated heterocycles. The van der Waals surface area contributed by atoms with Crippen LogP contribution in [0.15, 0.2) is 109 Å². The number of phosphoric acid groups is 1. The van der Waals surface area contributed by atoms with E-state index < -0.39 is 32.5 Å². The van der Waals surface area contributed by atoms with Gasteiger partial charge in [-0.25, -0.2) is 0 Å². The molecule has 0 aliphatic carbocycles. The summed E-state index contributed by atoms with van der Waals surface area (Å²) < 4.78 is 34.2. The van der Waals surface area contributed by atoms with Crippen LogP contribution in [-0.2, 0) is 32.7 Å². The van der Waals surface area contributed by atoms with E-state index in [2.05, 4.69) is 123 Å². The van der Waals surface area contributed by atoms with Crippen LogP contribution in [0.25, 0.3) is 0 Å². The van der Waals surface area contributed by atoms with Gasteiger partial charge >= 0.3 is 11.9 Å². The van der Waals surface area contributed by atoms with Gasteiger partial charge < -0.3 is 27.9 Å². The van der Waals surface area contributed by atoms with Gasteiger partial charge in [0.15, 0.2) is 6.10 Å². The number of quaternary nitrogens is 1. The predicted molar refractivity (Wildman–Crippen MR) is 314 cm³/mol. The summed E-state index contributed by atoms with van der Waals surface area (Å²) in [6.07, 6.45) is 75.5. The average molecular weight is 1050 g/mol. The van der Waals surface area contributed by atoms with Crippen LogP contribution in [0.1, 0.15) is 232 Å². The number of likely N-dealkylation sites (N-methyl/N-ethyl adjacent to an activating group) is 1. The van der Waals surface area contributed by atoms with Crippen molar-refractivity contribution in [2.24, 2.45) is 0 Å². The zero-order valence-electron chi connectivity index (χ0n) is 48.0. The first-order valence-electron chi connectivity index (χ1n) is 29.6. The number of hydrogen-bond donors (Lipinski definition) is 0. The molecule has 0 bridgehead atoms. The standard InChI is InChI=1S/C64H110NO8P/c1-6-8-10-12-14-16-18-20-22-24-26-28-30-31-32-33-35-37-39-41-43-45-47-49-51-53-55-57-64(67)73-62(61-72-74(68,69)71-59-58-65(3,4)5)60-70-63(66)56-54-52-50-48-46-44-42-40-38-36-34-29-27-25-23-21-19-17-15-13-11-9-7-2/h8,10,14,16,19-22,25-28,31-32,34-37,62H,6-7,9,11-13,15,17-18,23-24,29-30,33,38-61H2,1-5H3/b10-8-,16-14-,21-19-,22-20-,27-25-,28-26-,32-31-,36-34-,37-35-. The van der Waals surface area contributed by atoms with Gasteiger partial charge in [-0.1, -0.05) is 226 Å². The van der Waals surface area contributed by atoms with E-state index >= 15 is 0 Å². The van der Waals surface area contributed by atoms with Gasteiger partial charge in [-0.15, -0.1) is 0 Å². The zero-order chi connectivity index (χ0) is 54.2. The van der Waals surface area contributed by atoms with Crippen molar-refractivity contribution in [1.29, 1.82) is 0 Å². The zero-order valence-corrected chi connectivity index (χ0v) is 48.9. The van der Waals surface area contributed by atoms with Crippen LogP contribution in [0.2, 0.25) is 0 Å². The number of rotatable bonds is 53. The van der Waals surface area contributed by atoms with Crippen molar-refractivity contribution in [2.45, 2.75) is 238 Å². The van der Waals surface area contributed by atoms with Crippen molar-refractivity contribution >= 4 is 19.8 Å². The van der Waals surface area contributed by atoms with Gasteiger partial charge in [-0.2, -0.15) is 0 Å². The SMILES string of the molecule is CC/C=C\C/C=C\C/C=C\C/C=C\C/C=C\C/C=C\CCCCCCCCCCC(=O)OC(COC(=O)CCCCCCCCCC/C=C\C/C=C\C/C=C\CCCCCCC)COP(=O)([O-])OCC[N+](C)(C)C. The fourth-order valence-corrected chi connectivity index (χ4v) is 8.45. The Kier molecular flexibility index (Phi) is 52.0. The summed E-state index contributed by atoms with van der Waals surface area (Å²) in [4.78, 5) is 37.9. The van der Waals surface area contributed by atoms with Gasteiger partial charge in [0.25, 0.3) is 7.82 Å². The second kappa shape index (κ2) is 54.5. The summed E-state index contributed by atoms with van der Waals surface area (Å²) in [6, 6.07) is 0. The van der Waals surface area contributed by atoms with E-state index in [4.69, 9.17) is 18.5 Å². The van der Waals surface area contributed by atoms with Crippen LogP contribution in [0, 0.1) is 0 Å². The van der Waals surface area contributed by atoms with E-state index in [0.29, 0.717) is 23.9 Å². The molecule has 0 aromatic heterocycles. The summed E-state index contributed by atoms with van der Waals surface area (Å²) in [6.45, 7) is 4.09. The summed E-state index contributed by atoms with van der Waals surface area (Å²) in [7, 11) is 1.14. The Morgan fingerprint density at radius 1 is 0.432 bits per heavy atom. The molecule has 2 atom stereocenters. The van der Waals surface area contributed by atoms with Gasteiger partial charge in [0, 0.05) is 12.8 Å². The molecule has 2 unspecified atom stereocenters. The van der Waals surface area contributed by atoms with Gasteiger partial charge in [0.2, 0.25) is 0 Å². The number of phosphoric ester groups is 1. The van der Waals surface area contributed by atoms with E-state index in [0.717, 1.165) is 103 Å². The maximum Gasteiger partial charge on any atom is 0.306 e. The number of carbonyl (C=O) groups excluding carboxylic acids is 2. The Bertz CT molecular complexity index is 1620. The minimum absolute atomic E-state index is 0.0397. The lowest BCUT2D eigenvalue weighted by atomic mass is 10.1. The maximum absolute atomic E-state index is 12.8. The molecule has 0 aromatic carbocycles. The monoisotopic (exact) mass is 1050 g/mol. The Balaban J connectivity index is 4.23. The number of ether oxygens (including phenoxy) is 2. The first-order chi connectivity index (χ1) is 36.0. The first kappa shape index (κ1) is 70.7. The van der Waals surface area contributed by atoms with Crippen molar-refractivity contribution in [1.82, 2.24) is 0 Å². The average Bonchev–Trinajstić information content (AvgIpc) is 3.36. The third-order valence-electron chi connectivity index (χ3n) is 12.3. The highest BCUT2D eigenvalue weighted by Gasteiger charge is 2.21. The molecule has 0 saturated carbocycles. The van der Waals surface area contributed by atoms with Crippen molar-refractivity contribution in [3.8, 4) is 0 Å². The minimum Gasteiger partial charge on any atom is -0.756 e. The smallest absolute Gasteiger partial charge is 0.306 e. The molecule has 0 aliphatic rings. The molecule has 0 N–H and O–H groups in total. The topological polar surface area (TPSA) is 111 Å². The molecule has 0 heterocycles. The quantitative estimate of drug-likeness (QED) is 0.0195. The van der Waals surface area contributed by atoms with Gasteiger partial charge in [0.05, 0.1) is 27.7 Å². The van der Waals surface area contributed by atoms with Crippen LogP contribution in [-0.4, -0.2) is 70.0 Å². The van der Waals surface area contributed by atoms with Crippen molar-refractivity contribution < 1.29 is 42.1 Å². The Hall–Kier alpha value is -3.33. The number of allylic oxidation sites excluding steroid dienone is 18. The summed E-state index contributed by atoms with van der Waals surface area (Å²) >= 11 is 0. The largest absolute Gasteiger partial charge is 0.756 e. The highest BCUT2D eigenvalue weighted by Crippen LogP contribution is 2.38. The molecule has 74 heavy (non-hydrogen) atoms. The molecule has 0 radical (unpaired) electrons. The second-order valence-electron chi connectivity index (χ2n) is 20.6. The van der Waals surface area contributed by atoms with Crippen LogP contribution in [0.3, 0.4) is 0 Å². The van der Waals surface area contributed by atoms with Crippen molar-refractivity contribution in [3.63, 3.8) is 0 Å². The Labute approximate surface area is 455 Å². The molecule has 10 heteroatoms. The van der Waals surface area contributed by atoms with Crippen LogP contribution < -0.4 is 4.89 Å². The third kappa shape index (κ3) is 57.9. The minimum atomic E-state index is -4.65. The predicted octanol–water partition coefficient (Wildman–Crippen LogP) is 18.0. The molecular formula is C64H110NO8P. The van der Waals surface area contributed by atoms with E-state index in [-0.39, 0.29) is 26.1 Å². The van der Waals surface area contributed by atoms with Crippen LogP contribution >= 0.6 is 7.82 Å². The molecule has 0 spiro atoms. The van der Waals surface area contributed by atoms with Gasteiger partial charge in [0.1, 0.15) is 19.8 Å². The molecule has 424 valence electrons. The maximum atomic E-state index is 12.8. The summed E-state index contributed by atoms with van der Waals surface area (Å²) in [5.41, 5.74) is 0. The van der Waals surface area contributed by atoms with E-state index in [1.165, 1.54) is 89.9 Å². The summed E-state index contributed by atoms with van der Waals surface area (Å²) in [5.74, 6) is -0.856. The summed E-state index contributed by atoms with van der Waals surface area (Å²) in [5, 5.41) is 0. The van der Waals surface area contributed by atoms with Gasteiger partial charge in [-0.05, 0) is 103 Å². The number of hydrogen-bond acceptors (Lipinski definition) is 8.